The van der Waals surface area contributed by atoms with E-state index in [0.717, 1.165) is 52.1 Å². The summed E-state index contributed by atoms with van der Waals surface area (Å²) >= 11 is 3.81. The Morgan fingerprint density at radius 1 is 1.02 bits per heavy atom. The molecule has 1 saturated heterocycles. The molecule has 0 saturated carbocycles. The zero-order chi connectivity index (χ0) is 33.2. The maximum absolute atomic E-state index is 12.8. The van der Waals surface area contributed by atoms with Crippen LogP contribution in [0.5, 0.6) is 6.01 Å². The number of nitrogens with zero attached hydrogens (tertiary/aromatic N) is 5. The minimum atomic E-state index is -0.528. The molecule has 0 N–H and O–H groups in total. The highest BCUT2D eigenvalue weighted by Crippen LogP contribution is 2.40. The number of carbonyl (C=O) groups is 1. The van der Waals surface area contributed by atoms with Crippen LogP contribution in [-0.4, -0.2) is 71.1 Å². The predicted octanol–water partition coefficient (Wildman–Crippen LogP) is 9.47. The predicted molar refractivity (Wildman–Crippen MR) is 192 cm³/mol. The number of aromatic nitrogens is 2. The van der Waals surface area contributed by atoms with Crippen LogP contribution in [0.25, 0.3) is 11.6 Å². The number of halogens is 1. The van der Waals surface area contributed by atoms with Gasteiger partial charge in [-0.3, -0.25) is 4.99 Å². The normalized spacial score (nSPS) is 19.3. The number of piperazine rings is 1. The van der Waals surface area contributed by atoms with Gasteiger partial charge in [0.15, 0.2) is 0 Å². The van der Waals surface area contributed by atoms with Crippen LogP contribution in [0.4, 0.5) is 10.6 Å². The second-order valence-electron chi connectivity index (χ2n) is 14.0. The topological polar surface area (TPSA) is 80.2 Å². The zero-order valence-corrected chi connectivity index (χ0v) is 31.1. The molecule has 0 spiro atoms. The summed E-state index contributed by atoms with van der Waals surface area (Å²) < 4.78 is 13.1. The average molecular weight is 689 g/mol. The monoisotopic (exact) mass is 687 g/mol. The van der Waals surface area contributed by atoms with Gasteiger partial charge in [-0.25, -0.2) is 4.79 Å². The molecule has 1 fully saturated rings. The van der Waals surface area contributed by atoms with Crippen LogP contribution in [0.2, 0.25) is 0 Å². The van der Waals surface area contributed by atoms with Crippen molar-refractivity contribution in [3.63, 3.8) is 0 Å². The van der Waals surface area contributed by atoms with Crippen LogP contribution in [-0.2, 0) is 4.74 Å². The summed E-state index contributed by atoms with van der Waals surface area (Å²) in [5, 5.41) is 0. The van der Waals surface area contributed by atoms with Crippen molar-refractivity contribution < 1.29 is 14.3 Å². The lowest BCUT2D eigenvalue weighted by atomic mass is 9.81. The number of carbonyl (C=O) groups excluding carboxylic acids is 1. The highest BCUT2D eigenvalue weighted by Gasteiger charge is 2.33. The Balaban J connectivity index is 1.98. The maximum Gasteiger partial charge on any atom is 0.410 e. The molecular weight excluding hydrogens is 630 g/mol. The van der Waals surface area contributed by atoms with Gasteiger partial charge in [0.25, 0.3) is 0 Å². The van der Waals surface area contributed by atoms with Gasteiger partial charge in [0.2, 0.25) is 0 Å². The summed E-state index contributed by atoms with van der Waals surface area (Å²) in [6, 6.07) is 0.587. The van der Waals surface area contributed by atoms with Crippen molar-refractivity contribution in [1.29, 1.82) is 0 Å². The van der Waals surface area contributed by atoms with Gasteiger partial charge in [-0.15, -0.1) is 0 Å². The maximum atomic E-state index is 12.8. The van der Waals surface area contributed by atoms with Gasteiger partial charge in [-0.2, -0.15) is 9.97 Å². The number of amides is 1. The van der Waals surface area contributed by atoms with E-state index in [9.17, 15) is 4.79 Å². The molecule has 1 amide bonds. The Kier molecular flexibility index (Phi) is 13.9. The Hall–Kier alpha value is -2.42. The first-order valence-electron chi connectivity index (χ1n) is 17.2. The number of anilines is 1. The van der Waals surface area contributed by atoms with E-state index >= 15 is 0 Å². The van der Waals surface area contributed by atoms with Crippen molar-refractivity contribution in [2.75, 3.05) is 37.7 Å². The molecule has 0 bridgehead atoms. The highest BCUT2D eigenvalue weighted by atomic mass is 79.9. The second-order valence-corrected chi connectivity index (χ2v) is 14.8. The van der Waals surface area contributed by atoms with E-state index in [2.05, 4.69) is 67.6 Å². The molecule has 2 unspecified atom stereocenters. The van der Waals surface area contributed by atoms with Crippen molar-refractivity contribution in [1.82, 2.24) is 14.9 Å². The van der Waals surface area contributed by atoms with Gasteiger partial charge >= 0.3 is 12.1 Å². The van der Waals surface area contributed by atoms with E-state index in [1.165, 1.54) is 38.5 Å². The minimum absolute atomic E-state index is 0.0727. The summed E-state index contributed by atoms with van der Waals surface area (Å²) in [7, 11) is 0. The van der Waals surface area contributed by atoms with E-state index in [0.29, 0.717) is 38.8 Å². The van der Waals surface area contributed by atoms with Crippen LogP contribution in [0.1, 0.15) is 131 Å². The number of rotatable bonds is 14. The number of hydrogen-bond donors (Lipinski definition) is 0. The van der Waals surface area contributed by atoms with E-state index in [1.807, 2.05) is 27.7 Å². The Bertz CT molecular complexity index is 1230. The van der Waals surface area contributed by atoms with Crippen LogP contribution < -0.4 is 9.64 Å². The fraction of sp³-hybridized carbons (Fsp3) is 0.722. The van der Waals surface area contributed by atoms with Crippen molar-refractivity contribution in [3.8, 4) is 6.01 Å². The Morgan fingerprint density at radius 3 is 2.29 bits per heavy atom. The molecule has 9 heteroatoms. The summed E-state index contributed by atoms with van der Waals surface area (Å²) in [4.78, 5) is 32.0. The molecule has 2 atom stereocenters. The smallest absolute Gasteiger partial charge is 0.410 e. The van der Waals surface area contributed by atoms with E-state index in [-0.39, 0.29) is 17.6 Å². The third kappa shape index (κ3) is 10.5. The number of unbranched alkanes of at least 4 members (excludes halogenated alkanes) is 4. The lowest BCUT2D eigenvalue weighted by molar-refractivity contribution is 0.0240. The third-order valence-corrected chi connectivity index (χ3v) is 9.29. The fourth-order valence-corrected chi connectivity index (χ4v) is 6.31. The van der Waals surface area contributed by atoms with Gasteiger partial charge < -0.3 is 19.3 Å². The van der Waals surface area contributed by atoms with Crippen LogP contribution in [0.3, 0.4) is 0 Å². The molecule has 1 aromatic rings. The molecule has 1 aromatic heterocycles. The molecule has 2 aliphatic rings. The SMILES string of the molecule is C/C=C1\C(=NC(C)CC)C(Br)=Cc2nc(OCC(C)(CCCC)CCCCCC)nc(N3CCN(C(=O)OC(C)(C)C)CC3)c21. The quantitative estimate of drug-likeness (QED) is 0.181. The van der Waals surface area contributed by atoms with Crippen molar-refractivity contribution in [2.24, 2.45) is 10.4 Å². The number of fused-ring (bicyclic) bond motifs is 1. The van der Waals surface area contributed by atoms with Gasteiger partial charge in [-0.1, -0.05) is 72.3 Å². The minimum Gasteiger partial charge on any atom is -0.463 e. The fourth-order valence-electron chi connectivity index (χ4n) is 5.78. The van der Waals surface area contributed by atoms with Crippen molar-refractivity contribution in [2.45, 2.75) is 132 Å². The van der Waals surface area contributed by atoms with Crippen molar-refractivity contribution in [3.05, 3.63) is 21.8 Å². The number of aliphatic imine (C=N–C) groups is 1. The van der Waals surface area contributed by atoms with Crippen LogP contribution in [0, 0.1) is 5.41 Å². The second kappa shape index (κ2) is 16.9. The van der Waals surface area contributed by atoms with E-state index in [1.54, 1.807) is 4.90 Å². The van der Waals surface area contributed by atoms with Crippen molar-refractivity contribution >= 4 is 45.2 Å². The summed E-state index contributed by atoms with van der Waals surface area (Å²) in [5.74, 6) is 0.832. The summed E-state index contributed by atoms with van der Waals surface area (Å²) in [5.41, 5.74) is 3.27. The molecule has 1 aliphatic carbocycles. The standard InChI is InChI=1S/C36H58BrN5O3/c1-10-14-16-17-19-36(9,18-15-11-2)25-44-33-39-29-24-28(37)31(38-26(5)12-3)27(13-4)30(29)32(40-33)41-20-22-42(23-21-41)34(43)45-35(6,7)8/h13,24,26H,10-12,14-23,25H2,1-9H3/b27-13-,38-31?. The van der Waals surface area contributed by atoms with Gasteiger partial charge in [0.1, 0.15) is 11.4 Å². The molecule has 252 valence electrons. The highest BCUT2D eigenvalue weighted by molar-refractivity contribution is 9.12. The Morgan fingerprint density at radius 2 is 1.69 bits per heavy atom. The van der Waals surface area contributed by atoms with E-state index < -0.39 is 5.60 Å². The molecule has 3 rings (SSSR count). The first-order chi connectivity index (χ1) is 21.3. The van der Waals surface area contributed by atoms with Crippen LogP contribution in [0.15, 0.2) is 15.6 Å². The van der Waals surface area contributed by atoms with Gasteiger partial charge in [-0.05, 0) is 75.9 Å². The Labute approximate surface area is 281 Å². The zero-order valence-electron chi connectivity index (χ0n) is 29.5. The molecule has 0 radical (unpaired) electrons. The molecule has 0 aromatic carbocycles. The average Bonchev–Trinajstić information content (AvgIpc) is 3.00. The van der Waals surface area contributed by atoms with Gasteiger partial charge in [0, 0.05) is 47.7 Å². The largest absolute Gasteiger partial charge is 0.463 e. The van der Waals surface area contributed by atoms with E-state index in [4.69, 9.17) is 24.4 Å². The van der Waals surface area contributed by atoms with Crippen LogP contribution >= 0.6 is 15.9 Å². The molecule has 1 aliphatic heterocycles. The third-order valence-electron chi connectivity index (χ3n) is 8.69. The lowest BCUT2D eigenvalue weighted by Gasteiger charge is -2.37. The summed E-state index contributed by atoms with van der Waals surface area (Å²) in [6.45, 7) is 21.9. The summed E-state index contributed by atoms with van der Waals surface area (Å²) in [6.07, 6.45) is 14.5. The first kappa shape index (κ1) is 37.0. The van der Waals surface area contributed by atoms with Gasteiger partial charge in [0.05, 0.1) is 23.6 Å². The number of ether oxygens (including phenoxy) is 2. The molecule has 2 heterocycles. The number of allylic oxidation sites excluding steroid dienone is 3. The molecule has 45 heavy (non-hydrogen) atoms. The first-order valence-corrected chi connectivity index (χ1v) is 18.0. The molecule has 8 nitrogen and oxygen atoms in total. The molecular formula is C36H58BrN5O3. The lowest BCUT2D eigenvalue weighted by Crippen LogP contribution is -2.50. The number of hydrogen-bond acceptors (Lipinski definition) is 7.